The van der Waals surface area contributed by atoms with E-state index in [0.29, 0.717) is 15.7 Å². The fraction of sp³-hybridized carbons (Fsp3) is 0.133. The summed E-state index contributed by atoms with van der Waals surface area (Å²) in [4.78, 5) is 12.8. The van der Waals surface area contributed by atoms with E-state index in [4.69, 9.17) is 4.74 Å². The maximum Gasteiger partial charge on any atom is 0.354 e. The molecule has 0 aliphatic heterocycles. The summed E-state index contributed by atoms with van der Waals surface area (Å²) in [6.45, 7) is 0.285. The Balaban J connectivity index is 2.10. The van der Waals surface area contributed by atoms with Gasteiger partial charge in [0.1, 0.15) is 16.3 Å². The lowest BCUT2D eigenvalue weighted by atomic mass is 10.2. The summed E-state index contributed by atoms with van der Waals surface area (Å²) in [7, 11) is 1.34. The van der Waals surface area contributed by atoms with Crippen LogP contribution in [-0.4, -0.2) is 17.6 Å². The van der Waals surface area contributed by atoms with Crippen molar-refractivity contribution < 1.29 is 13.9 Å². The number of rotatable bonds is 3. The van der Waals surface area contributed by atoms with Crippen molar-refractivity contribution in [2.75, 3.05) is 7.11 Å². The average Bonchev–Trinajstić information content (AvgIpc) is 3.03. The Hall–Kier alpha value is -1.66. The van der Waals surface area contributed by atoms with Crippen molar-refractivity contribution in [1.82, 2.24) is 4.57 Å². The van der Waals surface area contributed by atoms with Gasteiger partial charge in [-0.25, -0.2) is 9.18 Å². The molecule has 0 saturated heterocycles. The van der Waals surface area contributed by atoms with Crippen LogP contribution in [-0.2, 0) is 11.3 Å². The maximum absolute atomic E-state index is 14.0. The predicted octanol–water partition coefficient (Wildman–Crippen LogP) is 4.44. The quantitative estimate of drug-likeness (QED) is 0.640. The summed E-state index contributed by atoms with van der Waals surface area (Å²) in [5.74, 6) is -0.727. The van der Waals surface area contributed by atoms with Crippen LogP contribution < -0.4 is 0 Å². The van der Waals surface area contributed by atoms with E-state index < -0.39 is 5.97 Å². The second kappa shape index (κ2) is 5.61. The van der Waals surface area contributed by atoms with E-state index in [1.165, 1.54) is 24.5 Å². The van der Waals surface area contributed by atoms with Crippen LogP contribution in [0.25, 0.3) is 10.2 Å². The molecule has 2 heterocycles. The maximum atomic E-state index is 14.0. The van der Waals surface area contributed by atoms with E-state index >= 15 is 0 Å². The third kappa shape index (κ3) is 2.61. The normalized spacial score (nSPS) is 11.0. The minimum atomic E-state index is -0.420. The molecule has 3 nitrogen and oxygen atoms in total. The van der Waals surface area contributed by atoms with E-state index in [9.17, 15) is 9.18 Å². The molecule has 0 fully saturated rings. The molecule has 0 bridgehead atoms. The van der Waals surface area contributed by atoms with Crippen molar-refractivity contribution in [3.8, 4) is 0 Å². The number of carbonyl (C=O) groups excluding carboxylic acids is 1. The molecule has 0 aliphatic carbocycles. The highest BCUT2D eigenvalue weighted by molar-refractivity contribution is 9.10. The highest BCUT2D eigenvalue weighted by Crippen LogP contribution is 2.27. The third-order valence-corrected chi connectivity index (χ3v) is 4.69. The zero-order chi connectivity index (χ0) is 15.0. The van der Waals surface area contributed by atoms with Crippen LogP contribution in [0, 0.1) is 5.82 Å². The van der Waals surface area contributed by atoms with Gasteiger partial charge in [-0.2, -0.15) is 0 Å². The zero-order valence-electron chi connectivity index (χ0n) is 11.1. The predicted molar refractivity (Wildman–Crippen MR) is 84.4 cm³/mol. The number of thiophene rings is 1. The molecular weight excluding hydrogens is 357 g/mol. The summed E-state index contributed by atoms with van der Waals surface area (Å²) in [6.07, 6.45) is 0. The van der Waals surface area contributed by atoms with Crippen molar-refractivity contribution in [2.24, 2.45) is 0 Å². The van der Waals surface area contributed by atoms with Crippen LogP contribution in [0.1, 0.15) is 16.1 Å². The first-order valence-corrected chi connectivity index (χ1v) is 7.86. The van der Waals surface area contributed by atoms with Crippen LogP contribution in [0.5, 0.6) is 0 Å². The molecule has 0 radical (unpaired) electrons. The average molecular weight is 368 g/mol. The number of ether oxygens (including phenoxy) is 1. The third-order valence-electron chi connectivity index (χ3n) is 3.24. The van der Waals surface area contributed by atoms with Crippen molar-refractivity contribution in [2.45, 2.75) is 6.54 Å². The molecule has 3 aromatic rings. The van der Waals surface area contributed by atoms with E-state index in [0.717, 1.165) is 10.2 Å². The molecule has 108 valence electrons. The Labute approximate surface area is 133 Å². The molecule has 3 rings (SSSR count). The van der Waals surface area contributed by atoms with Crippen LogP contribution in [0.3, 0.4) is 0 Å². The molecule has 0 aliphatic rings. The Morgan fingerprint density at radius 2 is 2.19 bits per heavy atom. The number of aromatic nitrogens is 1. The molecule has 0 unspecified atom stereocenters. The molecule has 0 saturated carbocycles. The minimum absolute atomic E-state index is 0.285. The van der Waals surface area contributed by atoms with Crippen LogP contribution in [0.4, 0.5) is 4.39 Å². The second-order valence-corrected chi connectivity index (χ2v) is 6.33. The fourth-order valence-corrected chi connectivity index (χ4v) is 3.46. The van der Waals surface area contributed by atoms with Gasteiger partial charge >= 0.3 is 5.97 Å². The highest BCUT2D eigenvalue weighted by atomic mass is 79.9. The zero-order valence-corrected chi connectivity index (χ0v) is 13.5. The second-order valence-electron chi connectivity index (χ2n) is 4.52. The van der Waals surface area contributed by atoms with Crippen molar-refractivity contribution in [3.63, 3.8) is 0 Å². The van der Waals surface area contributed by atoms with Gasteiger partial charge in [-0.3, -0.25) is 0 Å². The largest absolute Gasteiger partial charge is 0.464 e. The molecule has 0 spiro atoms. The lowest BCUT2D eigenvalue weighted by Crippen LogP contribution is -2.11. The van der Waals surface area contributed by atoms with E-state index in [2.05, 4.69) is 15.9 Å². The standard InChI is InChI=1S/C15H11BrFNO2S/c1-20-15(19)13-6-9-4-5-21-14(9)18(13)8-10-2-3-11(16)7-12(10)17/h2-7H,8H2,1H3. The van der Waals surface area contributed by atoms with Gasteiger partial charge < -0.3 is 9.30 Å². The van der Waals surface area contributed by atoms with Gasteiger partial charge in [-0.1, -0.05) is 22.0 Å². The molecule has 0 atom stereocenters. The Kier molecular flexibility index (Phi) is 3.82. The van der Waals surface area contributed by atoms with E-state index in [1.807, 2.05) is 11.4 Å². The summed E-state index contributed by atoms with van der Waals surface area (Å²) < 4.78 is 21.3. The van der Waals surface area contributed by atoms with Gasteiger partial charge in [0.25, 0.3) is 0 Å². The van der Waals surface area contributed by atoms with Gasteiger partial charge in [0.2, 0.25) is 0 Å². The van der Waals surface area contributed by atoms with Crippen molar-refractivity contribution in [1.29, 1.82) is 0 Å². The number of fused-ring (bicyclic) bond motifs is 1. The first-order chi connectivity index (χ1) is 10.1. The Bertz CT molecular complexity index is 824. The summed E-state index contributed by atoms with van der Waals surface area (Å²) in [5, 5.41) is 2.90. The minimum Gasteiger partial charge on any atom is -0.464 e. The van der Waals surface area contributed by atoms with Gasteiger partial charge in [0.05, 0.1) is 13.7 Å². The number of carbonyl (C=O) groups is 1. The molecular formula is C15H11BrFNO2S. The molecule has 2 aromatic heterocycles. The first kappa shape index (κ1) is 14.3. The number of esters is 1. The fourth-order valence-electron chi connectivity index (χ4n) is 2.23. The summed E-state index contributed by atoms with van der Waals surface area (Å²) in [6, 6.07) is 8.61. The van der Waals surface area contributed by atoms with Crippen LogP contribution >= 0.6 is 27.3 Å². The highest BCUT2D eigenvalue weighted by Gasteiger charge is 2.18. The van der Waals surface area contributed by atoms with Gasteiger partial charge in [0.15, 0.2) is 0 Å². The van der Waals surface area contributed by atoms with Crippen molar-refractivity contribution in [3.05, 3.63) is 57.3 Å². The van der Waals surface area contributed by atoms with E-state index in [1.54, 1.807) is 22.8 Å². The summed E-state index contributed by atoms with van der Waals surface area (Å²) >= 11 is 4.75. The number of hydrogen-bond acceptors (Lipinski definition) is 3. The molecule has 1 aromatic carbocycles. The molecule has 0 N–H and O–H groups in total. The van der Waals surface area contributed by atoms with Gasteiger partial charge in [-0.05, 0) is 29.6 Å². The topological polar surface area (TPSA) is 31.2 Å². The Morgan fingerprint density at radius 3 is 2.90 bits per heavy atom. The number of halogens is 2. The number of hydrogen-bond donors (Lipinski definition) is 0. The van der Waals surface area contributed by atoms with Gasteiger partial charge in [0, 0.05) is 15.4 Å². The number of benzene rings is 1. The number of nitrogens with zero attached hydrogens (tertiary/aromatic N) is 1. The van der Waals surface area contributed by atoms with E-state index in [-0.39, 0.29) is 12.4 Å². The van der Waals surface area contributed by atoms with Crippen LogP contribution in [0.15, 0.2) is 40.2 Å². The first-order valence-electron chi connectivity index (χ1n) is 6.19. The molecule has 0 amide bonds. The number of methoxy groups -OCH3 is 1. The monoisotopic (exact) mass is 367 g/mol. The van der Waals surface area contributed by atoms with Crippen LogP contribution in [0.2, 0.25) is 0 Å². The smallest absolute Gasteiger partial charge is 0.354 e. The lowest BCUT2D eigenvalue weighted by Gasteiger charge is -2.10. The SMILES string of the molecule is COC(=O)c1cc2ccsc2n1Cc1ccc(Br)cc1F. The molecule has 21 heavy (non-hydrogen) atoms. The summed E-state index contributed by atoms with van der Waals surface area (Å²) in [5.41, 5.74) is 0.955. The van der Waals surface area contributed by atoms with Crippen molar-refractivity contribution >= 4 is 43.5 Å². The Morgan fingerprint density at radius 1 is 1.38 bits per heavy atom. The molecule has 6 heteroatoms. The lowest BCUT2D eigenvalue weighted by molar-refractivity contribution is 0.0589. The van der Waals surface area contributed by atoms with Gasteiger partial charge in [-0.15, -0.1) is 11.3 Å².